The maximum Gasteiger partial charge on any atom is 0.228 e. The molecule has 2 N–H and O–H groups in total. The summed E-state index contributed by atoms with van der Waals surface area (Å²) < 4.78 is 5.49. The number of hydrogen-bond donors (Lipinski definition) is 1. The van der Waals surface area contributed by atoms with Crippen LogP contribution >= 0.6 is 0 Å². The summed E-state index contributed by atoms with van der Waals surface area (Å²) in [5, 5.41) is 0. The summed E-state index contributed by atoms with van der Waals surface area (Å²) in [6.45, 7) is 10.4. The Hall–Kier alpha value is -1.40. The fourth-order valence-corrected chi connectivity index (χ4v) is 2.37. The van der Waals surface area contributed by atoms with Crippen LogP contribution in [0.1, 0.15) is 19.0 Å². The molecule has 1 aromatic rings. The van der Waals surface area contributed by atoms with Gasteiger partial charge in [-0.25, -0.2) is 4.98 Å². The van der Waals surface area contributed by atoms with Gasteiger partial charge in [-0.2, -0.15) is 4.98 Å². The number of hydrogen-bond acceptors (Lipinski definition) is 6. The first kappa shape index (κ1) is 15.0. The number of piperazine rings is 1. The van der Waals surface area contributed by atoms with Gasteiger partial charge in [-0.3, -0.25) is 4.90 Å². The van der Waals surface area contributed by atoms with Crippen molar-refractivity contribution < 1.29 is 4.74 Å². The van der Waals surface area contributed by atoms with Gasteiger partial charge < -0.3 is 15.4 Å². The lowest BCUT2D eigenvalue weighted by atomic mass is 10.3. The van der Waals surface area contributed by atoms with Gasteiger partial charge in [0.25, 0.3) is 0 Å². The first-order chi connectivity index (χ1) is 9.72. The average Bonchev–Trinajstić information content (AvgIpc) is 2.45. The number of aryl methyl sites for hydroxylation is 1. The molecule has 6 nitrogen and oxygen atoms in total. The van der Waals surface area contributed by atoms with E-state index in [0.29, 0.717) is 12.5 Å². The molecule has 0 atom stereocenters. The smallest absolute Gasteiger partial charge is 0.228 e. The third-order valence-electron chi connectivity index (χ3n) is 3.44. The number of nitrogens with two attached hydrogens (primary N) is 1. The molecule has 0 amide bonds. The molecular formula is C14H25N5O. The summed E-state index contributed by atoms with van der Waals surface area (Å²) in [4.78, 5) is 13.7. The van der Waals surface area contributed by atoms with Crippen molar-refractivity contribution in [3.05, 3.63) is 11.8 Å². The first-order valence-electron chi connectivity index (χ1n) is 7.38. The van der Waals surface area contributed by atoms with E-state index in [1.54, 1.807) is 0 Å². The van der Waals surface area contributed by atoms with E-state index in [1.807, 2.05) is 19.9 Å². The zero-order valence-electron chi connectivity index (χ0n) is 12.5. The topological polar surface area (TPSA) is 67.5 Å². The molecular weight excluding hydrogens is 254 g/mol. The monoisotopic (exact) mass is 279 g/mol. The largest absolute Gasteiger partial charge is 0.478 e. The molecule has 0 aromatic carbocycles. The van der Waals surface area contributed by atoms with Gasteiger partial charge in [-0.05, 0) is 33.4 Å². The van der Waals surface area contributed by atoms with Crippen LogP contribution in [0.3, 0.4) is 0 Å². The second-order valence-corrected chi connectivity index (χ2v) is 5.05. The minimum absolute atomic E-state index is 0.628. The molecule has 1 saturated heterocycles. The fraction of sp³-hybridized carbons (Fsp3) is 0.714. The predicted octanol–water partition coefficient (Wildman–Crippen LogP) is 0.655. The molecule has 0 spiro atoms. The number of nitrogens with zero attached hydrogens (tertiary/aromatic N) is 4. The number of anilines is 1. The van der Waals surface area contributed by atoms with E-state index in [1.165, 1.54) is 0 Å². The molecule has 0 radical (unpaired) electrons. The Labute approximate surface area is 120 Å². The van der Waals surface area contributed by atoms with Crippen LogP contribution in [0.5, 0.6) is 5.88 Å². The predicted molar refractivity (Wildman–Crippen MR) is 80.3 cm³/mol. The van der Waals surface area contributed by atoms with E-state index in [2.05, 4.69) is 19.8 Å². The summed E-state index contributed by atoms with van der Waals surface area (Å²) in [6.07, 6.45) is 1.06. The SMILES string of the molecule is CCOc1cc(C)nc(N2CCN(CCCN)CC2)n1. The van der Waals surface area contributed by atoms with E-state index in [9.17, 15) is 0 Å². The second kappa shape index (κ2) is 7.40. The Morgan fingerprint density at radius 2 is 2.00 bits per heavy atom. The standard InChI is InChI=1S/C14H25N5O/c1-3-20-13-11-12(2)16-14(17-13)19-9-7-18(8-10-19)6-4-5-15/h11H,3-10,15H2,1-2H3. The van der Waals surface area contributed by atoms with Gasteiger partial charge in [-0.1, -0.05) is 0 Å². The van der Waals surface area contributed by atoms with Crippen LogP contribution in [-0.4, -0.2) is 60.7 Å². The molecule has 6 heteroatoms. The Morgan fingerprint density at radius 3 is 2.65 bits per heavy atom. The van der Waals surface area contributed by atoms with E-state index < -0.39 is 0 Å². The quantitative estimate of drug-likeness (QED) is 0.825. The van der Waals surface area contributed by atoms with Gasteiger partial charge in [0.2, 0.25) is 11.8 Å². The van der Waals surface area contributed by atoms with Crippen LogP contribution < -0.4 is 15.4 Å². The Balaban J connectivity index is 1.96. The van der Waals surface area contributed by atoms with Gasteiger partial charge in [0.1, 0.15) is 0 Å². The van der Waals surface area contributed by atoms with E-state index in [-0.39, 0.29) is 0 Å². The highest BCUT2D eigenvalue weighted by Gasteiger charge is 2.19. The molecule has 112 valence electrons. The van der Waals surface area contributed by atoms with E-state index in [0.717, 1.165) is 57.3 Å². The highest BCUT2D eigenvalue weighted by molar-refractivity contribution is 5.35. The maximum absolute atomic E-state index is 5.55. The summed E-state index contributed by atoms with van der Waals surface area (Å²) >= 11 is 0. The zero-order valence-corrected chi connectivity index (χ0v) is 12.5. The lowest BCUT2D eigenvalue weighted by Crippen LogP contribution is -2.47. The summed E-state index contributed by atoms with van der Waals surface area (Å²) in [6, 6.07) is 1.88. The van der Waals surface area contributed by atoms with Gasteiger partial charge in [-0.15, -0.1) is 0 Å². The molecule has 2 heterocycles. The summed E-state index contributed by atoms with van der Waals surface area (Å²) in [5.41, 5.74) is 6.50. The fourth-order valence-electron chi connectivity index (χ4n) is 2.37. The molecule has 20 heavy (non-hydrogen) atoms. The van der Waals surface area contributed by atoms with Crippen molar-refractivity contribution in [1.82, 2.24) is 14.9 Å². The van der Waals surface area contributed by atoms with Crippen molar-refractivity contribution >= 4 is 5.95 Å². The molecule has 1 aromatic heterocycles. The molecule has 0 aliphatic carbocycles. The number of aromatic nitrogens is 2. The second-order valence-electron chi connectivity index (χ2n) is 5.05. The van der Waals surface area contributed by atoms with Crippen LogP contribution in [-0.2, 0) is 0 Å². The first-order valence-corrected chi connectivity index (χ1v) is 7.38. The molecule has 1 aliphatic heterocycles. The Morgan fingerprint density at radius 1 is 1.25 bits per heavy atom. The van der Waals surface area contributed by atoms with Crippen molar-refractivity contribution in [1.29, 1.82) is 0 Å². The maximum atomic E-state index is 5.55. The number of rotatable bonds is 6. The zero-order chi connectivity index (χ0) is 14.4. The highest BCUT2D eigenvalue weighted by atomic mass is 16.5. The van der Waals surface area contributed by atoms with Crippen molar-refractivity contribution in [2.24, 2.45) is 5.73 Å². The normalized spacial score (nSPS) is 16.4. The summed E-state index contributed by atoms with van der Waals surface area (Å²) in [5.74, 6) is 1.45. The van der Waals surface area contributed by atoms with Crippen molar-refractivity contribution in [3.8, 4) is 5.88 Å². The van der Waals surface area contributed by atoms with Crippen LogP contribution in [0.25, 0.3) is 0 Å². The highest BCUT2D eigenvalue weighted by Crippen LogP contribution is 2.17. The van der Waals surface area contributed by atoms with Gasteiger partial charge in [0.15, 0.2) is 0 Å². The van der Waals surface area contributed by atoms with Gasteiger partial charge in [0, 0.05) is 37.9 Å². The minimum Gasteiger partial charge on any atom is -0.478 e. The van der Waals surface area contributed by atoms with Gasteiger partial charge in [0.05, 0.1) is 6.61 Å². The van der Waals surface area contributed by atoms with Gasteiger partial charge >= 0.3 is 0 Å². The Kier molecular flexibility index (Phi) is 5.55. The van der Waals surface area contributed by atoms with Crippen LogP contribution in [0.15, 0.2) is 6.07 Å². The van der Waals surface area contributed by atoms with Crippen LogP contribution in [0.4, 0.5) is 5.95 Å². The molecule has 0 unspecified atom stereocenters. The minimum atomic E-state index is 0.628. The van der Waals surface area contributed by atoms with Crippen molar-refractivity contribution in [3.63, 3.8) is 0 Å². The average molecular weight is 279 g/mol. The van der Waals surface area contributed by atoms with Crippen LogP contribution in [0, 0.1) is 6.92 Å². The molecule has 1 fully saturated rings. The lowest BCUT2D eigenvalue weighted by Gasteiger charge is -2.34. The third-order valence-corrected chi connectivity index (χ3v) is 3.44. The molecule has 1 aliphatic rings. The molecule has 0 saturated carbocycles. The van der Waals surface area contributed by atoms with Crippen molar-refractivity contribution in [2.45, 2.75) is 20.3 Å². The number of ether oxygens (including phenoxy) is 1. The van der Waals surface area contributed by atoms with E-state index >= 15 is 0 Å². The van der Waals surface area contributed by atoms with Crippen LogP contribution in [0.2, 0.25) is 0 Å². The molecule has 0 bridgehead atoms. The Bertz CT molecular complexity index is 418. The van der Waals surface area contributed by atoms with Crippen molar-refractivity contribution in [2.75, 3.05) is 50.8 Å². The molecule has 2 rings (SSSR count). The summed E-state index contributed by atoms with van der Waals surface area (Å²) in [7, 11) is 0. The lowest BCUT2D eigenvalue weighted by molar-refractivity contribution is 0.254. The third kappa shape index (κ3) is 4.05. The van der Waals surface area contributed by atoms with E-state index in [4.69, 9.17) is 10.5 Å².